The fourth-order valence-corrected chi connectivity index (χ4v) is 8.19. The van der Waals surface area contributed by atoms with Gasteiger partial charge in [-0.25, -0.2) is 0 Å². The summed E-state index contributed by atoms with van der Waals surface area (Å²) in [4.78, 5) is 0. The van der Waals surface area contributed by atoms with Crippen LogP contribution in [0.5, 0.6) is 0 Å². The van der Waals surface area contributed by atoms with Crippen LogP contribution in [0.2, 0.25) is 0 Å². The fraction of sp³-hybridized carbons (Fsp3) is 0.857. The van der Waals surface area contributed by atoms with Crippen LogP contribution in [0.3, 0.4) is 0 Å². The summed E-state index contributed by atoms with van der Waals surface area (Å²) in [7, 11) is 0. The molecule has 0 aromatic rings. The molecule has 2 fully saturated rings. The smallest absolute Gasteiger partial charge is 0.0543 e. The molecule has 0 saturated heterocycles. The second-order valence-electron chi connectivity index (χ2n) is 12.1. The van der Waals surface area contributed by atoms with E-state index in [4.69, 9.17) is 0 Å². The van der Waals surface area contributed by atoms with E-state index in [1.165, 1.54) is 51.4 Å². The zero-order valence-corrected chi connectivity index (χ0v) is 20.1. The van der Waals surface area contributed by atoms with E-state index in [1.807, 2.05) is 11.1 Å². The molecule has 4 rings (SSSR count). The third kappa shape index (κ3) is 3.58. The lowest BCUT2D eigenvalue weighted by Gasteiger charge is -2.55. The van der Waals surface area contributed by atoms with Crippen LogP contribution in [-0.4, -0.2) is 11.2 Å². The molecule has 0 heterocycles. The van der Waals surface area contributed by atoms with Gasteiger partial charge in [0.05, 0.1) is 6.10 Å². The van der Waals surface area contributed by atoms with Crippen molar-refractivity contribution < 1.29 is 5.11 Å². The van der Waals surface area contributed by atoms with E-state index in [0.717, 1.165) is 36.5 Å². The predicted molar refractivity (Wildman–Crippen MR) is 124 cm³/mol. The summed E-state index contributed by atoms with van der Waals surface area (Å²) in [6, 6.07) is 0. The Morgan fingerprint density at radius 3 is 2.55 bits per heavy atom. The molecule has 1 nitrogen and oxygen atoms in total. The van der Waals surface area contributed by atoms with Crippen molar-refractivity contribution in [2.45, 2.75) is 112 Å². The Balaban J connectivity index is 1.56. The molecule has 29 heavy (non-hydrogen) atoms. The van der Waals surface area contributed by atoms with Crippen molar-refractivity contribution in [3.63, 3.8) is 0 Å². The maximum Gasteiger partial charge on any atom is 0.0543 e. The van der Waals surface area contributed by atoms with Crippen molar-refractivity contribution in [1.29, 1.82) is 0 Å². The number of aliphatic hydroxyl groups excluding tert-OH is 1. The summed E-state index contributed by atoms with van der Waals surface area (Å²) in [6.07, 6.45) is 15.3. The van der Waals surface area contributed by atoms with Gasteiger partial charge < -0.3 is 5.11 Å². The molecular formula is C28H46O. The molecule has 0 aromatic carbocycles. The summed E-state index contributed by atoms with van der Waals surface area (Å²) >= 11 is 0. The van der Waals surface area contributed by atoms with Gasteiger partial charge in [0.2, 0.25) is 0 Å². The number of hydrogen-bond donors (Lipinski definition) is 1. The molecule has 0 aromatic heterocycles. The largest absolute Gasteiger partial charge is 0.393 e. The lowest BCUT2D eigenvalue weighted by molar-refractivity contribution is 0.0136. The van der Waals surface area contributed by atoms with Crippen LogP contribution in [-0.2, 0) is 0 Å². The molecule has 164 valence electrons. The highest BCUT2D eigenvalue weighted by molar-refractivity contribution is 5.34. The van der Waals surface area contributed by atoms with Crippen molar-refractivity contribution in [3.05, 3.63) is 22.8 Å². The number of aliphatic hydroxyl groups is 1. The molecule has 0 amide bonds. The van der Waals surface area contributed by atoms with Gasteiger partial charge >= 0.3 is 0 Å². The Labute approximate surface area is 180 Å². The van der Waals surface area contributed by atoms with Gasteiger partial charge in [-0.15, -0.1) is 0 Å². The minimum Gasteiger partial charge on any atom is -0.393 e. The second kappa shape index (κ2) is 7.85. The summed E-state index contributed by atoms with van der Waals surface area (Å²) < 4.78 is 0. The van der Waals surface area contributed by atoms with Crippen LogP contribution in [0, 0.1) is 40.4 Å². The number of hydrogen-bond acceptors (Lipinski definition) is 1. The van der Waals surface area contributed by atoms with Crippen molar-refractivity contribution in [2.75, 3.05) is 0 Å². The first-order valence-corrected chi connectivity index (χ1v) is 12.7. The molecule has 2 saturated carbocycles. The van der Waals surface area contributed by atoms with Crippen LogP contribution in [0.4, 0.5) is 0 Å². The molecule has 4 aliphatic rings. The summed E-state index contributed by atoms with van der Waals surface area (Å²) in [5.41, 5.74) is 6.25. The van der Waals surface area contributed by atoms with E-state index in [9.17, 15) is 5.11 Å². The number of fused-ring (bicyclic) bond motifs is 4. The Morgan fingerprint density at radius 2 is 1.83 bits per heavy atom. The zero-order chi connectivity index (χ0) is 21.0. The van der Waals surface area contributed by atoms with E-state index in [-0.39, 0.29) is 6.10 Å². The van der Waals surface area contributed by atoms with Gasteiger partial charge in [-0.3, -0.25) is 0 Å². The Bertz CT molecular complexity index is 684. The minimum atomic E-state index is -0.0388. The molecule has 0 spiro atoms. The van der Waals surface area contributed by atoms with Crippen LogP contribution >= 0.6 is 0 Å². The first-order chi connectivity index (χ1) is 13.7. The summed E-state index contributed by atoms with van der Waals surface area (Å²) in [5.74, 6) is 3.95. The van der Waals surface area contributed by atoms with Gasteiger partial charge in [0, 0.05) is 0 Å². The molecule has 0 radical (unpaired) electrons. The third-order valence-electron chi connectivity index (χ3n) is 10.4. The van der Waals surface area contributed by atoms with Gasteiger partial charge in [0.15, 0.2) is 0 Å². The molecule has 4 aliphatic carbocycles. The van der Waals surface area contributed by atoms with Crippen molar-refractivity contribution in [2.24, 2.45) is 40.4 Å². The summed E-state index contributed by atoms with van der Waals surface area (Å²) in [5, 5.41) is 10.2. The molecule has 1 N–H and O–H groups in total. The van der Waals surface area contributed by atoms with Crippen LogP contribution in [0.15, 0.2) is 22.8 Å². The van der Waals surface area contributed by atoms with Crippen LogP contribution in [0.25, 0.3) is 0 Å². The van der Waals surface area contributed by atoms with Crippen LogP contribution in [0.1, 0.15) is 106 Å². The van der Waals surface area contributed by atoms with Crippen molar-refractivity contribution in [3.8, 4) is 0 Å². The fourth-order valence-electron chi connectivity index (χ4n) is 8.19. The molecular weight excluding hydrogens is 352 g/mol. The van der Waals surface area contributed by atoms with Gasteiger partial charge in [0.25, 0.3) is 0 Å². The molecule has 0 unspecified atom stereocenters. The van der Waals surface area contributed by atoms with Crippen LogP contribution < -0.4 is 0 Å². The SMILES string of the molecule is C/C(=C/C[C@@H](C)[C@H]1CC[C@H]2C3=C(CC[C@]12C)[C@@]1(C)CC[C@H](O)C[C@@H]1CC3)C(C)C. The van der Waals surface area contributed by atoms with E-state index >= 15 is 0 Å². The quantitative estimate of drug-likeness (QED) is 0.481. The Hall–Kier alpha value is -0.560. The van der Waals surface area contributed by atoms with Crippen molar-refractivity contribution in [1.82, 2.24) is 0 Å². The number of rotatable bonds is 4. The lowest BCUT2D eigenvalue weighted by atomic mass is 9.50. The minimum absolute atomic E-state index is 0.0388. The number of allylic oxidation sites excluding steroid dienone is 4. The lowest BCUT2D eigenvalue weighted by Crippen LogP contribution is -2.45. The molecule has 7 atom stereocenters. The maximum absolute atomic E-state index is 10.2. The van der Waals surface area contributed by atoms with E-state index < -0.39 is 0 Å². The van der Waals surface area contributed by atoms with Gasteiger partial charge in [-0.05, 0) is 112 Å². The standard InChI is InChI=1S/C28H46O/c1-18(2)19(3)7-8-20(4)24-11-12-25-23-10-9-21-17-22(29)13-15-27(21,5)26(23)14-16-28(24,25)6/h7,18,20-22,24-25,29H,8-17H2,1-6H3/b19-7-/t20-,21+,22+,24-,25+,27+,28-/m1/s1. The monoisotopic (exact) mass is 398 g/mol. The van der Waals surface area contributed by atoms with Crippen molar-refractivity contribution >= 4 is 0 Å². The Kier molecular flexibility index (Phi) is 5.86. The zero-order valence-electron chi connectivity index (χ0n) is 20.1. The first kappa shape index (κ1) is 21.7. The Morgan fingerprint density at radius 1 is 1.07 bits per heavy atom. The second-order valence-corrected chi connectivity index (χ2v) is 12.1. The summed E-state index contributed by atoms with van der Waals surface area (Å²) in [6.45, 7) is 14.7. The normalized spacial score (nSPS) is 43.8. The van der Waals surface area contributed by atoms with Gasteiger partial charge in [-0.1, -0.05) is 57.4 Å². The van der Waals surface area contributed by atoms with E-state index in [2.05, 4.69) is 47.6 Å². The average molecular weight is 399 g/mol. The van der Waals surface area contributed by atoms with E-state index in [1.54, 1.807) is 5.57 Å². The van der Waals surface area contributed by atoms with E-state index in [0.29, 0.717) is 16.7 Å². The van der Waals surface area contributed by atoms with Gasteiger partial charge in [-0.2, -0.15) is 0 Å². The topological polar surface area (TPSA) is 20.2 Å². The van der Waals surface area contributed by atoms with Gasteiger partial charge in [0.1, 0.15) is 0 Å². The molecule has 0 bridgehead atoms. The maximum atomic E-state index is 10.2. The molecule has 0 aliphatic heterocycles. The average Bonchev–Trinajstić information content (AvgIpc) is 3.03. The highest BCUT2D eigenvalue weighted by atomic mass is 16.3. The third-order valence-corrected chi connectivity index (χ3v) is 10.4. The predicted octanol–water partition coefficient (Wildman–Crippen LogP) is 7.70. The molecule has 1 heteroatoms. The first-order valence-electron chi connectivity index (χ1n) is 12.7. The highest BCUT2D eigenvalue weighted by Crippen LogP contribution is 2.65. The highest BCUT2D eigenvalue weighted by Gasteiger charge is 2.55.